The van der Waals surface area contributed by atoms with E-state index in [1.54, 1.807) is 19.1 Å². The molecule has 1 saturated heterocycles. The number of amides is 1. The highest BCUT2D eigenvalue weighted by Crippen LogP contribution is 2.13. The molecule has 128 valence electrons. The average Bonchev–Trinajstić information content (AvgIpc) is 2.59. The van der Waals surface area contributed by atoms with Crippen molar-refractivity contribution in [1.82, 2.24) is 5.32 Å². The van der Waals surface area contributed by atoms with Gasteiger partial charge < -0.3 is 19.5 Å². The van der Waals surface area contributed by atoms with Crippen LogP contribution in [0.5, 0.6) is 5.75 Å². The Morgan fingerprint density at radius 3 is 2.87 bits per heavy atom. The van der Waals surface area contributed by atoms with Crippen LogP contribution >= 0.6 is 0 Å². The predicted molar refractivity (Wildman–Crippen MR) is 83.9 cm³/mol. The lowest BCUT2D eigenvalue weighted by Gasteiger charge is -2.23. The van der Waals surface area contributed by atoms with Gasteiger partial charge in [0.15, 0.2) is 0 Å². The van der Waals surface area contributed by atoms with Crippen molar-refractivity contribution in [1.29, 1.82) is 0 Å². The first-order valence-corrected chi connectivity index (χ1v) is 8.04. The fourth-order valence-electron chi connectivity index (χ4n) is 2.28. The van der Waals surface area contributed by atoms with Crippen LogP contribution < -0.4 is 10.1 Å². The highest BCUT2D eigenvalue weighted by Gasteiger charge is 2.18. The zero-order valence-corrected chi connectivity index (χ0v) is 13.4. The maximum absolute atomic E-state index is 12.7. The van der Waals surface area contributed by atoms with E-state index in [9.17, 15) is 9.18 Å². The Morgan fingerprint density at radius 2 is 2.17 bits per heavy atom. The molecular weight excluding hydrogens is 301 g/mol. The van der Waals surface area contributed by atoms with Gasteiger partial charge in [-0.15, -0.1) is 0 Å². The molecule has 6 heteroatoms. The minimum atomic E-state index is -0.522. The largest absolute Gasteiger partial charge is 0.492 e. The van der Waals surface area contributed by atoms with Crippen molar-refractivity contribution in [2.24, 2.45) is 0 Å². The molecule has 5 nitrogen and oxygen atoms in total. The Balaban J connectivity index is 1.57. The summed E-state index contributed by atoms with van der Waals surface area (Å²) in [5, 5.41) is 2.75. The van der Waals surface area contributed by atoms with Gasteiger partial charge in [-0.1, -0.05) is 0 Å². The van der Waals surface area contributed by atoms with E-state index in [0.717, 1.165) is 25.9 Å². The number of benzene rings is 1. The van der Waals surface area contributed by atoms with Gasteiger partial charge in [0.25, 0.3) is 0 Å². The van der Waals surface area contributed by atoms with Crippen LogP contribution in [0.2, 0.25) is 0 Å². The quantitative estimate of drug-likeness (QED) is 0.745. The van der Waals surface area contributed by atoms with Crippen LogP contribution in [0, 0.1) is 5.82 Å². The standard InChI is InChI=1S/C17H24FNO4/c1-13(23-12-16-4-2-3-10-21-16)17(20)19-9-11-22-15-7-5-14(18)6-8-15/h5-8,13,16H,2-4,9-12H2,1H3,(H,19,20)/t13-,16-/m1/s1. The summed E-state index contributed by atoms with van der Waals surface area (Å²) < 4.78 is 29.3. The number of carbonyl (C=O) groups is 1. The van der Waals surface area contributed by atoms with Gasteiger partial charge in [0.05, 0.1) is 19.3 Å². The van der Waals surface area contributed by atoms with Gasteiger partial charge in [0.2, 0.25) is 5.91 Å². The van der Waals surface area contributed by atoms with Crippen LogP contribution in [-0.4, -0.2) is 44.5 Å². The van der Waals surface area contributed by atoms with E-state index < -0.39 is 6.10 Å². The van der Waals surface area contributed by atoms with Crippen molar-refractivity contribution in [3.63, 3.8) is 0 Å². The maximum atomic E-state index is 12.7. The molecule has 0 aliphatic carbocycles. The molecule has 0 aromatic heterocycles. The van der Waals surface area contributed by atoms with E-state index in [4.69, 9.17) is 14.2 Å². The van der Waals surface area contributed by atoms with Gasteiger partial charge in [-0.25, -0.2) is 4.39 Å². The van der Waals surface area contributed by atoms with Gasteiger partial charge in [-0.3, -0.25) is 4.79 Å². The minimum Gasteiger partial charge on any atom is -0.492 e. The van der Waals surface area contributed by atoms with Gasteiger partial charge in [0.1, 0.15) is 24.3 Å². The third-order valence-electron chi connectivity index (χ3n) is 3.66. The summed E-state index contributed by atoms with van der Waals surface area (Å²) in [6.45, 7) is 3.62. The molecule has 0 spiro atoms. The molecular formula is C17H24FNO4. The number of carbonyl (C=O) groups excluding carboxylic acids is 1. The second-order valence-electron chi connectivity index (χ2n) is 5.56. The predicted octanol–water partition coefficient (Wildman–Crippen LogP) is 2.29. The third-order valence-corrected chi connectivity index (χ3v) is 3.66. The van der Waals surface area contributed by atoms with Gasteiger partial charge in [-0.2, -0.15) is 0 Å². The zero-order valence-electron chi connectivity index (χ0n) is 13.4. The van der Waals surface area contributed by atoms with Crippen LogP contribution in [-0.2, 0) is 14.3 Å². The Morgan fingerprint density at radius 1 is 1.39 bits per heavy atom. The number of nitrogens with one attached hydrogen (secondary N) is 1. The lowest BCUT2D eigenvalue weighted by Crippen LogP contribution is -2.38. The van der Waals surface area contributed by atoms with Gasteiger partial charge in [0, 0.05) is 6.61 Å². The molecule has 1 heterocycles. The fourth-order valence-corrected chi connectivity index (χ4v) is 2.28. The topological polar surface area (TPSA) is 56.8 Å². The van der Waals surface area contributed by atoms with E-state index in [0.29, 0.717) is 25.5 Å². The average molecular weight is 325 g/mol. The molecule has 0 unspecified atom stereocenters. The SMILES string of the molecule is C[C@@H](OC[C@H]1CCCCO1)C(=O)NCCOc1ccc(F)cc1. The Labute approximate surface area is 136 Å². The second kappa shape index (κ2) is 9.47. The highest BCUT2D eigenvalue weighted by atomic mass is 19.1. The Hall–Kier alpha value is -1.66. The lowest BCUT2D eigenvalue weighted by molar-refractivity contribution is -0.135. The normalized spacial score (nSPS) is 19.1. The van der Waals surface area contributed by atoms with Gasteiger partial charge >= 0.3 is 0 Å². The highest BCUT2D eigenvalue weighted by molar-refractivity contribution is 5.80. The lowest BCUT2D eigenvalue weighted by atomic mass is 10.1. The number of halogens is 1. The number of hydrogen-bond donors (Lipinski definition) is 1. The summed E-state index contributed by atoms with van der Waals surface area (Å²) >= 11 is 0. The summed E-state index contributed by atoms with van der Waals surface area (Å²) in [4.78, 5) is 11.9. The molecule has 1 aromatic rings. The van der Waals surface area contributed by atoms with Crippen molar-refractivity contribution in [2.75, 3.05) is 26.4 Å². The Kier molecular flexibility index (Phi) is 7.29. The van der Waals surface area contributed by atoms with E-state index >= 15 is 0 Å². The van der Waals surface area contributed by atoms with Crippen molar-refractivity contribution in [3.8, 4) is 5.75 Å². The van der Waals surface area contributed by atoms with Crippen molar-refractivity contribution >= 4 is 5.91 Å². The summed E-state index contributed by atoms with van der Waals surface area (Å²) in [6, 6.07) is 5.76. The Bertz CT molecular complexity index is 474. The molecule has 1 fully saturated rings. The van der Waals surface area contributed by atoms with E-state index in [2.05, 4.69) is 5.32 Å². The second-order valence-corrected chi connectivity index (χ2v) is 5.56. The smallest absolute Gasteiger partial charge is 0.248 e. The molecule has 2 atom stereocenters. The number of ether oxygens (including phenoxy) is 3. The van der Waals surface area contributed by atoms with Gasteiger partial charge in [-0.05, 0) is 50.5 Å². The molecule has 1 aromatic carbocycles. The van der Waals surface area contributed by atoms with Crippen LogP contribution in [0.25, 0.3) is 0 Å². The monoisotopic (exact) mass is 325 g/mol. The number of hydrogen-bond acceptors (Lipinski definition) is 4. The molecule has 0 bridgehead atoms. The minimum absolute atomic E-state index is 0.0980. The summed E-state index contributed by atoms with van der Waals surface area (Å²) in [5.41, 5.74) is 0. The van der Waals surface area contributed by atoms with Crippen LogP contribution in [0.3, 0.4) is 0 Å². The van der Waals surface area contributed by atoms with Crippen molar-refractivity contribution < 1.29 is 23.4 Å². The zero-order chi connectivity index (χ0) is 16.5. The first-order chi connectivity index (χ1) is 11.1. The summed E-state index contributed by atoms with van der Waals surface area (Å²) in [5.74, 6) is 0.0847. The van der Waals surface area contributed by atoms with Crippen LogP contribution in [0.1, 0.15) is 26.2 Å². The fraction of sp³-hybridized carbons (Fsp3) is 0.588. The molecule has 1 N–H and O–H groups in total. The molecule has 1 amide bonds. The first kappa shape index (κ1) is 17.7. The third kappa shape index (κ3) is 6.54. The first-order valence-electron chi connectivity index (χ1n) is 8.04. The molecule has 1 aliphatic rings. The molecule has 2 rings (SSSR count). The molecule has 0 radical (unpaired) electrons. The van der Waals surface area contributed by atoms with E-state index in [1.165, 1.54) is 12.1 Å². The van der Waals surface area contributed by atoms with Crippen LogP contribution in [0.4, 0.5) is 4.39 Å². The molecule has 0 saturated carbocycles. The summed E-state index contributed by atoms with van der Waals surface area (Å²) in [6.07, 6.45) is 2.81. The van der Waals surface area contributed by atoms with E-state index in [-0.39, 0.29) is 17.8 Å². The maximum Gasteiger partial charge on any atom is 0.248 e. The van der Waals surface area contributed by atoms with Crippen LogP contribution in [0.15, 0.2) is 24.3 Å². The van der Waals surface area contributed by atoms with E-state index in [1.807, 2.05) is 0 Å². The van der Waals surface area contributed by atoms with Crippen molar-refractivity contribution in [2.45, 2.75) is 38.4 Å². The molecule has 23 heavy (non-hydrogen) atoms. The van der Waals surface area contributed by atoms with Crippen molar-refractivity contribution in [3.05, 3.63) is 30.1 Å². The summed E-state index contributed by atoms with van der Waals surface area (Å²) in [7, 11) is 0. The number of rotatable bonds is 8. The molecule has 1 aliphatic heterocycles.